The number of aryl methyl sites for hydroxylation is 1. The van der Waals surface area contributed by atoms with Crippen molar-refractivity contribution >= 4 is 17.8 Å². The zero-order valence-electron chi connectivity index (χ0n) is 21.2. The van der Waals surface area contributed by atoms with E-state index in [1.54, 1.807) is 0 Å². The van der Waals surface area contributed by atoms with Crippen LogP contribution in [0.3, 0.4) is 0 Å². The molecule has 0 aliphatic rings. The van der Waals surface area contributed by atoms with Gasteiger partial charge in [0.1, 0.15) is 12.4 Å². The van der Waals surface area contributed by atoms with E-state index >= 15 is 0 Å². The van der Waals surface area contributed by atoms with Gasteiger partial charge in [0.2, 0.25) is 12.1 Å². The highest BCUT2D eigenvalue weighted by Gasteiger charge is 2.20. The number of aromatic nitrogens is 6. The molecule has 204 valence electrons. The molecule has 0 bridgehead atoms. The van der Waals surface area contributed by atoms with Crippen LogP contribution in [0.5, 0.6) is 0 Å². The molecule has 0 fully saturated rings. The molecule has 0 aliphatic carbocycles. The highest BCUT2D eigenvalue weighted by molar-refractivity contribution is 6.30. The van der Waals surface area contributed by atoms with Crippen molar-refractivity contribution in [1.82, 2.24) is 30.2 Å². The zero-order valence-corrected chi connectivity index (χ0v) is 22.0. The minimum Gasteiger partial charge on any atom is -0.428 e. The van der Waals surface area contributed by atoms with Crippen LogP contribution in [-0.4, -0.2) is 47.7 Å². The van der Waals surface area contributed by atoms with E-state index in [0.29, 0.717) is 24.5 Å². The first-order valence-electron chi connectivity index (χ1n) is 12.2. The number of nitrogens with zero attached hydrogens (tertiary/aromatic N) is 6. The third-order valence-electron chi connectivity index (χ3n) is 5.80. The predicted molar refractivity (Wildman–Crippen MR) is 139 cm³/mol. The number of ether oxygens (including phenoxy) is 2. The first kappa shape index (κ1) is 27.5. The van der Waals surface area contributed by atoms with Crippen LogP contribution >= 0.6 is 11.6 Å². The number of aromatic amines is 1. The van der Waals surface area contributed by atoms with Crippen molar-refractivity contribution in [3.63, 3.8) is 0 Å². The molecule has 39 heavy (non-hydrogen) atoms. The maximum atomic E-state index is 12.0. The highest BCUT2D eigenvalue weighted by Crippen LogP contribution is 2.30. The van der Waals surface area contributed by atoms with E-state index in [0.717, 1.165) is 40.9 Å². The molecule has 4 aromatic rings. The lowest BCUT2D eigenvalue weighted by Gasteiger charge is -2.14. The monoisotopic (exact) mass is 555 g/mol. The summed E-state index contributed by atoms with van der Waals surface area (Å²) in [6.45, 7) is 3.47. The number of halogens is 1. The number of carbonyl (C=O) groups excluding carboxylic acids is 1. The lowest BCUT2D eigenvalue weighted by molar-refractivity contribution is -0.777. The number of imidazole rings is 1. The fraction of sp³-hybridized carbons (Fsp3) is 0.320. The summed E-state index contributed by atoms with van der Waals surface area (Å²) in [4.78, 5) is 31.1. The number of carbonyl (C=O) groups is 1. The molecule has 0 saturated carbocycles. The summed E-state index contributed by atoms with van der Waals surface area (Å²) in [7, 11) is 0. The predicted octanol–water partition coefficient (Wildman–Crippen LogP) is 4.98. The van der Waals surface area contributed by atoms with Gasteiger partial charge in [0, 0.05) is 18.5 Å². The largest absolute Gasteiger partial charge is 0.510 e. The molecule has 1 atom stereocenters. The number of hydrogen-bond acceptors (Lipinski definition) is 10. The van der Waals surface area contributed by atoms with Gasteiger partial charge in [0.15, 0.2) is 5.15 Å². The summed E-state index contributed by atoms with van der Waals surface area (Å²) in [6.07, 6.45) is -0.00246. The van der Waals surface area contributed by atoms with Gasteiger partial charge in [-0.3, -0.25) is 4.84 Å². The van der Waals surface area contributed by atoms with Crippen LogP contribution in [0.2, 0.25) is 5.15 Å². The Kier molecular flexibility index (Phi) is 9.05. The number of benzene rings is 2. The Morgan fingerprint density at radius 2 is 1.92 bits per heavy atom. The fourth-order valence-corrected chi connectivity index (χ4v) is 4.23. The number of H-pyrrole nitrogens is 1. The second-order valence-electron chi connectivity index (χ2n) is 8.49. The third-order valence-corrected chi connectivity index (χ3v) is 6.10. The van der Waals surface area contributed by atoms with Crippen LogP contribution in [0.15, 0.2) is 48.5 Å². The van der Waals surface area contributed by atoms with Gasteiger partial charge < -0.3 is 14.0 Å². The lowest BCUT2D eigenvalue weighted by atomic mass is 9.98. The van der Waals surface area contributed by atoms with Crippen LogP contribution in [0.25, 0.3) is 22.5 Å². The molecule has 4 rings (SSSR count). The van der Waals surface area contributed by atoms with Crippen LogP contribution in [0.1, 0.15) is 43.8 Å². The van der Waals surface area contributed by atoms with Crippen molar-refractivity contribution in [1.29, 1.82) is 0 Å². The first-order valence-corrected chi connectivity index (χ1v) is 12.5. The molecule has 1 unspecified atom stereocenters. The molecule has 0 aliphatic heterocycles. The Morgan fingerprint density at radius 3 is 2.59 bits per heavy atom. The van der Waals surface area contributed by atoms with E-state index in [9.17, 15) is 14.9 Å². The SMILES string of the molecule is CCCCc1nc(Cl)c(COC(=O)OC(C)O[N+](=O)[O-])n1Cc1ccc(-c2ccccc2-c2nn[nH]n2)cc1. The Morgan fingerprint density at radius 1 is 1.18 bits per heavy atom. The van der Waals surface area contributed by atoms with Gasteiger partial charge in [0.25, 0.3) is 5.09 Å². The van der Waals surface area contributed by atoms with Crippen molar-refractivity contribution in [3.05, 3.63) is 80.9 Å². The third kappa shape index (κ3) is 7.08. The topological polar surface area (TPSA) is 160 Å². The van der Waals surface area contributed by atoms with Gasteiger partial charge in [0.05, 0.1) is 5.69 Å². The molecular formula is C25H26ClN7O6. The molecule has 13 nitrogen and oxygen atoms in total. The second kappa shape index (κ2) is 12.8. The summed E-state index contributed by atoms with van der Waals surface area (Å²) in [5.41, 5.74) is 4.24. The number of nitrogens with one attached hydrogen (secondary N) is 1. The molecule has 2 heterocycles. The average molecular weight is 556 g/mol. The standard InChI is InChI=1S/C25H26ClN7O6/c1-3-4-9-22-27-23(26)21(15-37-25(34)38-16(2)39-33(35)36)32(22)14-17-10-12-18(13-11-17)19-7-5-6-8-20(19)24-28-30-31-29-24/h5-8,10-13,16H,3-4,9,14-15H2,1-2H3,(H,28,29,30,31). The highest BCUT2D eigenvalue weighted by atomic mass is 35.5. The molecule has 0 saturated heterocycles. The van der Waals surface area contributed by atoms with Crippen molar-refractivity contribution in [2.75, 3.05) is 0 Å². The van der Waals surface area contributed by atoms with Crippen molar-refractivity contribution in [2.45, 2.75) is 52.6 Å². The fourth-order valence-electron chi connectivity index (χ4n) is 3.97. The van der Waals surface area contributed by atoms with Gasteiger partial charge in [-0.15, -0.1) is 20.3 Å². The maximum absolute atomic E-state index is 12.0. The van der Waals surface area contributed by atoms with E-state index in [2.05, 4.69) is 37.4 Å². The minimum absolute atomic E-state index is 0.203. The van der Waals surface area contributed by atoms with Gasteiger partial charge in [-0.25, -0.2) is 9.78 Å². The molecular weight excluding hydrogens is 530 g/mol. The van der Waals surface area contributed by atoms with Crippen molar-refractivity contribution in [2.24, 2.45) is 0 Å². The number of rotatable bonds is 12. The number of hydrogen-bond donors (Lipinski definition) is 1. The summed E-state index contributed by atoms with van der Waals surface area (Å²) in [5.74, 6) is 1.26. The summed E-state index contributed by atoms with van der Waals surface area (Å²) >= 11 is 6.43. The molecule has 2 aromatic heterocycles. The van der Waals surface area contributed by atoms with Gasteiger partial charge in [-0.05, 0) is 35.2 Å². The molecule has 0 spiro atoms. The average Bonchev–Trinajstić information content (AvgIpc) is 3.54. The Bertz CT molecular complexity index is 1410. The van der Waals surface area contributed by atoms with E-state index < -0.39 is 17.5 Å². The molecule has 2 aromatic carbocycles. The van der Waals surface area contributed by atoms with E-state index in [4.69, 9.17) is 21.1 Å². The second-order valence-corrected chi connectivity index (χ2v) is 8.84. The van der Waals surface area contributed by atoms with Gasteiger partial charge in [-0.2, -0.15) is 5.21 Å². The Labute approximate surface area is 228 Å². The van der Waals surface area contributed by atoms with E-state index in [1.165, 1.54) is 6.92 Å². The van der Waals surface area contributed by atoms with Gasteiger partial charge in [-0.1, -0.05) is 73.5 Å². The quantitative estimate of drug-likeness (QED) is 0.109. The Balaban J connectivity index is 1.53. The van der Waals surface area contributed by atoms with Crippen molar-refractivity contribution in [3.8, 4) is 22.5 Å². The smallest absolute Gasteiger partial charge is 0.428 e. The van der Waals surface area contributed by atoms with Crippen LogP contribution in [0, 0.1) is 10.1 Å². The zero-order chi connectivity index (χ0) is 27.8. The Hall–Kier alpha value is -4.52. The molecule has 0 radical (unpaired) electrons. The summed E-state index contributed by atoms with van der Waals surface area (Å²) < 4.78 is 11.8. The normalized spacial score (nSPS) is 11.7. The van der Waals surface area contributed by atoms with E-state index in [1.807, 2.05) is 53.1 Å². The van der Waals surface area contributed by atoms with Crippen LogP contribution in [0.4, 0.5) is 4.79 Å². The summed E-state index contributed by atoms with van der Waals surface area (Å²) in [6, 6.07) is 15.8. The van der Waals surface area contributed by atoms with E-state index in [-0.39, 0.29) is 11.8 Å². The van der Waals surface area contributed by atoms with Crippen LogP contribution in [-0.2, 0) is 33.9 Å². The maximum Gasteiger partial charge on any atom is 0.510 e. The first-order chi connectivity index (χ1) is 18.9. The van der Waals surface area contributed by atoms with Crippen molar-refractivity contribution < 1.29 is 24.2 Å². The lowest BCUT2D eigenvalue weighted by Crippen LogP contribution is -2.22. The van der Waals surface area contributed by atoms with Crippen LogP contribution < -0.4 is 0 Å². The molecule has 0 amide bonds. The van der Waals surface area contributed by atoms with Gasteiger partial charge >= 0.3 is 6.16 Å². The number of tetrazole rings is 1. The minimum atomic E-state index is -1.42. The summed E-state index contributed by atoms with van der Waals surface area (Å²) in [5, 5.41) is 23.9. The molecule has 1 N–H and O–H groups in total. The number of unbranched alkanes of at least 4 members (excludes halogenated alkanes) is 1. The molecule has 14 heteroatoms.